The Balaban J connectivity index is 0.000000400. The zero-order chi connectivity index (χ0) is 17.3. The van der Waals surface area contributed by atoms with Gasteiger partial charge in [0.2, 0.25) is 0 Å². The van der Waals surface area contributed by atoms with E-state index in [2.05, 4.69) is 45.0 Å². The lowest BCUT2D eigenvalue weighted by molar-refractivity contribution is -0.991. The molecule has 132 valence electrons. The Morgan fingerprint density at radius 1 is 0.696 bits per heavy atom. The van der Waals surface area contributed by atoms with Crippen LogP contribution in [0.5, 0.6) is 0 Å². The van der Waals surface area contributed by atoms with Crippen molar-refractivity contribution in [3.8, 4) is 0 Å². The molecule has 0 atom stereocenters. The molecule has 4 heterocycles. The first-order chi connectivity index (χ1) is 11.3. The van der Waals surface area contributed by atoms with E-state index < -0.39 is 0 Å². The maximum absolute atomic E-state index is 2.57. The summed E-state index contributed by atoms with van der Waals surface area (Å²) in [6.07, 6.45) is 0. The summed E-state index contributed by atoms with van der Waals surface area (Å²) in [7, 11) is 0. The number of nitrogens with zero attached hydrogens (tertiary/aromatic N) is 4. The second kappa shape index (κ2) is 10.0. The van der Waals surface area contributed by atoms with Gasteiger partial charge in [-0.2, -0.15) is 0 Å². The van der Waals surface area contributed by atoms with Crippen LogP contribution in [0.2, 0.25) is 0 Å². The Kier molecular flexibility index (Phi) is 8.77. The molecule has 4 heteroatoms. The van der Waals surface area contributed by atoms with Crippen molar-refractivity contribution in [2.75, 3.05) is 40.0 Å². The van der Waals surface area contributed by atoms with E-state index in [9.17, 15) is 0 Å². The van der Waals surface area contributed by atoms with Gasteiger partial charge in [0.1, 0.15) is 26.6 Å². The SMILES string of the molecule is CC.CC.CC.c1ccc(C[N+]23CN4CN(CN(C4)C2)C3)cc1. The maximum Gasteiger partial charge on any atom is 0.139 e. The van der Waals surface area contributed by atoms with E-state index in [1.165, 1.54) is 56.6 Å². The smallest absolute Gasteiger partial charge is 0.139 e. The van der Waals surface area contributed by atoms with Gasteiger partial charge in [-0.25, -0.2) is 14.7 Å². The molecule has 4 aliphatic rings. The van der Waals surface area contributed by atoms with E-state index in [0.29, 0.717) is 0 Å². The molecule has 0 aromatic heterocycles. The first kappa shape index (κ1) is 20.1. The monoisotopic (exact) mass is 321 g/mol. The molecular weight excluding hydrogens is 284 g/mol. The molecule has 1 aromatic carbocycles. The van der Waals surface area contributed by atoms with E-state index in [1.807, 2.05) is 41.5 Å². The van der Waals surface area contributed by atoms with Crippen molar-refractivity contribution in [3.63, 3.8) is 0 Å². The minimum absolute atomic E-state index is 1.17. The molecule has 23 heavy (non-hydrogen) atoms. The molecule has 1 aromatic rings. The van der Waals surface area contributed by atoms with Crippen molar-refractivity contribution in [1.29, 1.82) is 0 Å². The third-order valence-electron chi connectivity index (χ3n) is 4.06. The Labute approximate surface area is 143 Å². The predicted octanol–water partition coefficient (Wildman–Crippen LogP) is 3.77. The molecule has 4 saturated heterocycles. The van der Waals surface area contributed by atoms with Crippen LogP contribution in [0.1, 0.15) is 47.1 Å². The second-order valence-corrected chi connectivity index (χ2v) is 5.85. The van der Waals surface area contributed by atoms with Crippen LogP contribution in [-0.2, 0) is 6.54 Å². The van der Waals surface area contributed by atoms with Gasteiger partial charge in [0.15, 0.2) is 0 Å². The van der Waals surface area contributed by atoms with E-state index >= 15 is 0 Å². The number of hydrogen-bond donors (Lipinski definition) is 0. The standard InChI is InChI=1S/C13H19N4.3C2H6/c1-2-4-13(5-3-1)6-17-10-14-7-15(11-17)9-16(8-14)12-17;3*1-2/h1-5H,6-12H2;3*1-2H3/q+1;;;. The molecule has 4 bridgehead atoms. The summed E-state index contributed by atoms with van der Waals surface area (Å²) in [6, 6.07) is 10.9. The fourth-order valence-corrected chi connectivity index (χ4v) is 3.78. The molecule has 4 aliphatic heterocycles. The summed E-state index contributed by atoms with van der Waals surface area (Å²) >= 11 is 0. The van der Waals surface area contributed by atoms with E-state index in [-0.39, 0.29) is 0 Å². The molecule has 0 spiro atoms. The fraction of sp³-hybridized carbons (Fsp3) is 0.684. The van der Waals surface area contributed by atoms with Gasteiger partial charge in [0.05, 0.1) is 20.0 Å². The van der Waals surface area contributed by atoms with Gasteiger partial charge in [0, 0.05) is 5.56 Å². The molecule has 4 nitrogen and oxygen atoms in total. The van der Waals surface area contributed by atoms with Crippen LogP contribution in [0.4, 0.5) is 0 Å². The first-order valence-corrected chi connectivity index (χ1v) is 9.38. The van der Waals surface area contributed by atoms with Crippen molar-refractivity contribution in [2.24, 2.45) is 0 Å². The van der Waals surface area contributed by atoms with Crippen LogP contribution in [0.25, 0.3) is 0 Å². The zero-order valence-corrected chi connectivity index (χ0v) is 16.1. The third-order valence-corrected chi connectivity index (χ3v) is 4.06. The van der Waals surface area contributed by atoms with Gasteiger partial charge in [-0.15, -0.1) is 0 Å². The summed E-state index contributed by atoms with van der Waals surface area (Å²) < 4.78 is 1.20. The molecular formula is C19H37N4+. The molecule has 0 aliphatic carbocycles. The van der Waals surface area contributed by atoms with Gasteiger partial charge >= 0.3 is 0 Å². The van der Waals surface area contributed by atoms with Crippen LogP contribution in [-0.4, -0.2) is 59.2 Å². The summed E-state index contributed by atoms with van der Waals surface area (Å²) in [5.41, 5.74) is 1.47. The van der Waals surface area contributed by atoms with Gasteiger partial charge in [-0.1, -0.05) is 71.9 Å². The highest BCUT2D eigenvalue weighted by Gasteiger charge is 2.48. The van der Waals surface area contributed by atoms with Gasteiger partial charge in [0.25, 0.3) is 0 Å². The van der Waals surface area contributed by atoms with Gasteiger partial charge in [-0.3, -0.25) is 4.48 Å². The largest absolute Gasteiger partial charge is 0.282 e. The minimum Gasteiger partial charge on any atom is -0.282 e. The van der Waals surface area contributed by atoms with Crippen molar-refractivity contribution in [3.05, 3.63) is 35.9 Å². The fourth-order valence-electron chi connectivity index (χ4n) is 3.78. The highest BCUT2D eigenvalue weighted by atomic mass is 15.7. The van der Waals surface area contributed by atoms with Crippen LogP contribution in [0.3, 0.4) is 0 Å². The maximum atomic E-state index is 2.57. The van der Waals surface area contributed by atoms with E-state index in [0.717, 1.165) is 0 Å². The molecule has 0 unspecified atom stereocenters. The zero-order valence-electron chi connectivity index (χ0n) is 16.1. The molecule has 0 N–H and O–H groups in total. The topological polar surface area (TPSA) is 9.72 Å². The highest BCUT2D eigenvalue weighted by Crippen LogP contribution is 2.30. The highest BCUT2D eigenvalue weighted by molar-refractivity contribution is 5.13. The minimum atomic E-state index is 1.17. The third kappa shape index (κ3) is 5.01. The number of rotatable bonds is 2. The summed E-state index contributed by atoms with van der Waals surface area (Å²) in [4.78, 5) is 7.71. The quantitative estimate of drug-likeness (QED) is 0.768. The van der Waals surface area contributed by atoms with Crippen LogP contribution < -0.4 is 0 Å². The van der Waals surface area contributed by atoms with Crippen LogP contribution in [0, 0.1) is 0 Å². The lowest BCUT2D eigenvalue weighted by Crippen LogP contribution is -2.78. The van der Waals surface area contributed by atoms with E-state index in [1.54, 1.807) is 0 Å². The lowest BCUT2D eigenvalue weighted by Gasteiger charge is -2.60. The lowest BCUT2D eigenvalue weighted by atomic mass is 10.1. The number of hydrogen-bond acceptors (Lipinski definition) is 3. The van der Waals surface area contributed by atoms with Gasteiger partial charge < -0.3 is 0 Å². The number of quaternary nitrogens is 1. The molecule has 0 amide bonds. The van der Waals surface area contributed by atoms with Crippen molar-refractivity contribution >= 4 is 0 Å². The Morgan fingerprint density at radius 2 is 1.09 bits per heavy atom. The molecule has 0 radical (unpaired) electrons. The predicted molar refractivity (Wildman–Crippen MR) is 99.2 cm³/mol. The Hall–Kier alpha value is -0.940. The van der Waals surface area contributed by atoms with E-state index in [4.69, 9.17) is 0 Å². The number of benzene rings is 1. The second-order valence-electron chi connectivity index (χ2n) is 5.85. The first-order valence-electron chi connectivity index (χ1n) is 9.38. The Bertz CT molecular complexity index is 383. The average molecular weight is 322 g/mol. The van der Waals surface area contributed by atoms with Gasteiger partial charge in [-0.05, 0) is 0 Å². The summed E-state index contributed by atoms with van der Waals surface area (Å²) in [6.45, 7) is 20.4. The summed E-state index contributed by atoms with van der Waals surface area (Å²) in [5, 5.41) is 0. The van der Waals surface area contributed by atoms with Crippen LogP contribution in [0.15, 0.2) is 30.3 Å². The van der Waals surface area contributed by atoms with Crippen molar-refractivity contribution in [1.82, 2.24) is 14.7 Å². The van der Waals surface area contributed by atoms with Crippen molar-refractivity contribution in [2.45, 2.75) is 48.1 Å². The molecule has 5 rings (SSSR count). The van der Waals surface area contributed by atoms with Crippen LogP contribution >= 0.6 is 0 Å². The Morgan fingerprint density at radius 3 is 1.48 bits per heavy atom. The molecule has 4 fully saturated rings. The van der Waals surface area contributed by atoms with Crippen molar-refractivity contribution < 1.29 is 4.48 Å². The summed E-state index contributed by atoms with van der Waals surface area (Å²) in [5.74, 6) is 0. The average Bonchev–Trinajstić information content (AvgIpc) is 2.59. The normalized spacial score (nSPS) is 32.5. The molecule has 0 saturated carbocycles.